The smallest absolute Gasteiger partial charge is 0.269 e. The normalized spacial score (nSPS) is 11.9. The number of nitrogens with two attached hydrogens (primary N) is 1. The molecule has 0 aromatic heterocycles. The molecule has 1 aromatic carbocycles. The van der Waals surface area contributed by atoms with E-state index in [4.69, 9.17) is 5.73 Å². The summed E-state index contributed by atoms with van der Waals surface area (Å²) in [7, 11) is 0. The average Bonchev–Trinajstić information content (AvgIpc) is 2.30. The number of hydrogen-bond donors (Lipinski definition) is 2. The molecule has 0 heterocycles. The fraction of sp³-hybridized carbons (Fsp3) is 0.364. The van der Waals surface area contributed by atoms with E-state index in [2.05, 4.69) is 5.32 Å². The lowest BCUT2D eigenvalue weighted by molar-refractivity contribution is -0.384. The molecule has 1 amide bonds. The van der Waals surface area contributed by atoms with Crippen LogP contribution >= 0.6 is 0 Å². The number of hydrogen-bond acceptors (Lipinski definition) is 4. The van der Waals surface area contributed by atoms with Crippen molar-refractivity contribution in [1.29, 1.82) is 0 Å². The summed E-state index contributed by atoms with van der Waals surface area (Å²) in [6.07, 6.45) is 0.540. The zero-order valence-corrected chi connectivity index (χ0v) is 9.77. The van der Waals surface area contributed by atoms with Crippen molar-refractivity contribution in [3.63, 3.8) is 0 Å². The predicted octanol–water partition coefficient (Wildman–Crippen LogP) is 1.58. The molecule has 0 aliphatic carbocycles. The number of anilines is 1. The highest BCUT2D eigenvalue weighted by Crippen LogP contribution is 2.21. The second-order valence-corrected chi connectivity index (χ2v) is 3.76. The summed E-state index contributed by atoms with van der Waals surface area (Å²) in [6.45, 7) is 3.51. The van der Waals surface area contributed by atoms with Gasteiger partial charge in [-0.2, -0.15) is 0 Å². The second-order valence-electron chi connectivity index (χ2n) is 3.76. The van der Waals surface area contributed by atoms with Crippen molar-refractivity contribution in [3.05, 3.63) is 33.9 Å². The lowest BCUT2D eigenvalue weighted by atomic mass is 10.1. The summed E-state index contributed by atoms with van der Waals surface area (Å²) < 4.78 is 0. The first kappa shape index (κ1) is 13.1. The molecule has 3 N–H and O–H groups in total. The van der Waals surface area contributed by atoms with Crippen molar-refractivity contribution in [1.82, 2.24) is 0 Å². The second kappa shape index (κ2) is 5.40. The van der Waals surface area contributed by atoms with Gasteiger partial charge in [0.25, 0.3) is 5.69 Å². The molecule has 1 aromatic rings. The molecule has 1 atom stereocenters. The Kier molecular flexibility index (Phi) is 4.17. The molecule has 92 valence electrons. The van der Waals surface area contributed by atoms with Gasteiger partial charge in [0.05, 0.1) is 11.0 Å². The van der Waals surface area contributed by atoms with Gasteiger partial charge in [-0.1, -0.05) is 6.92 Å². The van der Waals surface area contributed by atoms with E-state index in [9.17, 15) is 14.9 Å². The summed E-state index contributed by atoms with van der Waals surface area (Å²) in [5.41, 5.74) is 6.75. The van der Waals surface area contributed by atoms with E-state index in [1.165, 1.54) is 18.2 Å². The monoisotopic (exact) mass is 237 g/mol. The number of rotatable bonds is 4. The Morgan fingerprint density at radius 1 is 1.59 bits per heavy atom. The number of benzene rings is 1. The molecule has 0 fully saturated rings. The topological polar surface area (TPSA) is 98.3 Å². The third-order valence-corrected chi connectivity index (χ3v) is 2.46. The standard InChI is InChI=1S/C11H15N3O3/c1-3-9(12)11(15)13-10-5-4-8(14(16)17)6-7(10)2/h4-6,9H,3,12H2,1-2H3,(H,13,15). The van der Waals surface area contributed by atoms with Crippen molar-refractivity contribution >= 4 is 17.3 Å². The minimum absolute atomic E-state index is 0.000268. The Bertz CT molecular complexity index is 446. The van der Waals surface area contributed by atoms with Crippen LogP contribution in [0.4, 0.5) is 11.4 Å². The molecule has 0 aliphatic rings. The van der Waals surface area contributed by atoms with Gasteiger partial charge in [-0.3, -0.25) is 14.9 Å². The van der Waals surface area contributed by atoms with Gasteiger partial charge >= 0.3 is 0 Å². The summed E-state index contributed by atoms with van der Waals surface area (Å²) >= 11 is 0. The molecule has 1 rings (SSSR count). The zero-order valence-electron chi connectivity index (χ0n) is 9.77. The number of nitro benzene ring substituents is 1. The molecule has 6 heteroatoms. The van der Waals surface area contributed by atoms with E-state index < -0.39 is 11.0 Å². The first-order valence-corrected chi connectivity index (χ1v) is 5.27. The van der Waals surface area contributed by atoms with Gasteiger partial charge in [0.1, 0.15) is 0 Å². The Hall–Kier alpha value is -1.95. The Labute approximate surface area is 99.0 Å². The van der Waals surface area contributed by atoms with E-state index >= 15 is 0 Å². The maximum absolute atomic E-state index is 11.5. The van der Waals surface area contributed by atoms with Gasteiger partial charge in [-0.25, -0.2) is 0 Å². The predicted molar refractivity (Wildman–Crippen MR) is 64.7 cm³/mol. The number of carbonyl (C=O) groups is 1. The number of nitrogens with one attached hydrogen (secondary N) is 1. The van der Waals surface area contributed by atoms with E-state index in [1.807, 2.05) is 6.92 Å². The Balaban J connectivity index is 2.86. The molecule has 0 aliphatic heterocycles. The summed E-state index contributed by atoms with van der Waals surface area (Å²) in [5.74, 6) is -0.288. The van der Waals surface area contributed by atoms with Crippen LogP contribution in [-0.2, 0) is 4.79 Å². The van der Waals surface area contributed by atoms with Gasteiger partial charge in [0.15, 0.2) is 0 Å². The van der Waals surface area contributed by atoms with Gasteiger partial charge in [-0.05, 0) is 25.0 Å². The maximum atomic E-state index is 11.5. The number of nitro groups is 1. The van der Waals surface area contributed by atoms with Crippen LogP contribution in [0.5, 0.6) is 0 Å². The van der Waals surface area contributed by atoms with E-state index in [1.54, 1.807) is 6.92 Å². The van der Waals surface area contributed by atoms with Crippen molar-refractivity contribution < 1.29 is 9.72 Å². The van der Waals surface area contributed by atoms with E-state index in [0.717, 1.165) is 0 Å². The van der Waals surface area contributed by atoms with Crippen molar-refractivity contribution in [2.45, 2.75) is 26.3 Å². The van der Waals surface area contributed by atoms with E-state index in [0.29, 0.717) is 17.7 Å². The Morgan fingerprint density at radius 3 is 2.71 bits per heavy atom. The molecular formula is C11H15N3O3. The third kappa shape index (κ3) is 3.25. The third-order valence-electron chi connectivity index (χ3n) is 2.46. The number of non-ortho nitro benzene ring substituents is 1. The number of nitrogens with zero attached hydrogens (tertiary/aromatic N) is 1. The van der Waals surface area contributed by atoms with Crippen molar-refractivity contribution in [2.24, 2.45) is 5.73 Å². The van der Waals surface area contributed by atoms with Crippen LogP contribution in [-0.4, -0.2) is 16.9 Å². The number of carbonyl (C=O) groups excluding carboxylic acids is 1. The minimum Gasteiger partial charge on any atom is -0.324 e. The Morgan fingerprint density at radius 2 is 2.24 bits per heavy atom. The highest BCUT2D eigenvalue weighted by Gasteiger charge is 2.13. The SMILES string of the molecule is CCC(N)C(=O)Nc1ccc([N+](=O)[O-])cc1C. The maximum Gasteiger partial charge on any atom is 0.269 e. The van der Waals surface area contributed by atoms with Crippen molar-refractivity contribution in [3.8, 4) is 0 Å². The lowest BCUT2D eigenvalue weighted by Crippen LogP contribution is -2.34. The summed E-state index contributed by atoms with van der Waals surface area (Å²) in [4.78, 5) is 21.6. The van der Waals surface area contributed by atoms with Gasteiger partial charge in [0, 0.05) is 17.8 Å². The van der Waals surface area contributed by atoms with Crippen LogP contribution in [0.3, 0.4) is 0 Å². The fourth-order valence-electron chi connectivity index (χ4n) is 1.31. The van der Waals surface area contributed by atoms with Gasteiger partial charge < -0.3 is 11.1 Å². The highest BCUT2D eigenvalue weighted by molar-refractivity contribution is 5.95. The lowest BCUT2D eigenvalue weighted by Gasteiger charge is -2.11. The van der Waals surface area contributed by atoms with Crippen LogP contribution < -0.4 is 11.1 Å². The van der Waals surface area contributed by atoms with Crippen LogP contribution in [0.1, 0.15) is 18.9 Å². The van der Waals surface area contributed by atoms with Gasteiger partial charge in [-0.15, -0.1) is 0 Å². The quantitative estimate of drug-likeness (QED) is 0.613. The average molecular weight is 237 g/mol. The van der Waals surface area contributed by atoms with Crippen LogP contribution in [0, 0.1) is 17.0 Å². The molecule has 0 saturated carbocycles. The van der Waals surface area contributed by atoms with E-state index in [-0.39, 0.29) is 11.6 Å². The molecule has 0 saturated heterocycles. The highest BCUT2D eigenvalue weighted by atomic mass is 16.6. The van der Waals surface area contributed by atoms with Crippen LogP contribution in [0.2, 0.25) is 0 Å². The van der Waals surface area contributed by atoms with Crippen LogP contribution in [0.15, 0.2) is 18.2 Å². The molecule has 0 radical (unpaired) electrons. The first-order valence-electron chi connectivity index (χ1n) is 5.27. The largest absolute Gasteiger partial charge is 0.324 e. The molecule has 0 spiro atoms. The molecule has 1 unspecified atom stereocenters. The molecule has 6 nitrogen and oxygen atoms in total. The number of amides is 1. The number of aryl methyl sites for hydroxylation is 1. The zero-order chi connectivity index (χ0) is 13.0. The summed E-state index contributed by atoms with van der Waals surface area (Å²) in [6, 6.07) is 3.70. The fourth-order valence-corrected chi connectivity index (χ4v) is 1.31. The summed E-state index contributed by atoms with van der Waals surface area (Å²) in [5, 5.41) is 13.2. The first-order chi connectivity index (χ1) is 7.95. The van der Waals surface area contributed by atoms with Crippen molar-refractivity contribution in [2.75, 3.05) is 5.32 Å². The molecule has 17 heavy (non-hydrogen) atoms. The van der Waals surface area contributed by atoms with Crippen LogP contribution in [0.25, 0.3) is 0 Å². The molecule has 0 bridgehead atoms. The minimum atomic E-state index is -0.565. The molecular weight excluding hydrogens is 222 g/mol. The van der Waals surface area contributed by atoms with Gasteiger partial charge in [0.2, 0.25) is 5.91 Å².